The van der Waals surface area contributed by atoms with Gasteiger partial charge in [-0.25, -0.2) is 0 Å². The summed E-state index contributed by atoms with van der Waals surface area (Å²) in [6, 6.07) is 16.6. The number of benzene rings is 2. The molecule has 5 rings (SSSR count). The topological polar surface area (TPSA) is 67.2 Å². The second-order valence-corrected chi connectivity index (χ2v) is 8.65. The van der Waals surface area contributed by atoms with Crippen molar-refractivity contribution in [3.8, 4) is 11.1 Å². The second-order valence-electron chi connectivity index (χ2n) is 8.65. The molecule has 166 valence electrons. The molecule has 3 heterocycles. The number of carbonyl (C=O) groups is 2. The molecule has 33 heavy (non-hydrogen) atoms. The molecule has 0 radical (unpaired) electrons. The normalized spacial score (nSPS) is 13.8. The molecule has 0 unspecified atom stereocenters. The Balaban J connectivity index is 1.51. The van der Waals surface area contributed by atoms with E-state index in [0.717, 1.165) is 38.6 Å². The van der Waals surface area contributed by atoms with Gasteiger partial charge in [0.1, 0.15) is 6.54 Å². The summed E-state index contributed by atoms with van der Waals surface area (Å²) in [5, 5.41) is 5.28. The van der Waals surface area contributed by atoms with Crippen LogP contribution in [0.1, 0.15) is 11.3 Å². The van der Waals surface area contributed by atoms with Crippen molar-refractivity contribution in [2.75, 3.05) is 13.1 Å². The fourth-order valence-electron chi connectivity index (χ4n) is 4.76. The van der Waals surface area contributed by atoms with Crippen LogP contribution in [0, 0.1) is 13.8 Å². The number of nitrogens with zero attached hydrogens (tertiary/aromatic N) is 3. The summed E-state index contributed by atoms with van der Waals surface area (Å²) in [6.45, 7) is 8.93. The molecule has 4 aromatic rings. The Labute approximate surface area is 192 Å². The Morgan fingerprint density at radius 2 is 1.94 bits per heavy atom. The quantitative estimate of drug-likeness (QED) is 0.479. The van der Waals surface area contributed by atoms with E-state index >= 15 is 0 Å². The Hall–Kier alpha value is -3.93. The van der Waals surface area contributed by atoms with E-state index in [1.165, 1.54) is 11.6 Å². The SMILES string of the molecule is C=CC(=O)N1CC(NC(=O)Cn2c(C)c(-c3cccc4ncccc34)c3cc(C)ccc32)C1. The Kier molecular flexibility index (Phi) is 5.21. The van der Waals surface area contributed by atoms with E-state index in [1.807, 2.05) is 18.2 Å². The predicted octanol–water partition coefficient (Wildman–Crippen LogP) is 3.99. The summed E-state index contributed by atoms with van der Waals surface area (Å²) in [5.74, 6) is -0.158. The monoisotopic (exact) mass is 438 g/mol. The standard InChI is InChI=1S/C27H26N4O2/c1-4-26(33)30-14-19(15-30)29-25(32)16-31-18(3)27(22-13-17(2)10-11-24(22)31)21-7-5-9-23-20(21)8-6-12-28-23/h4-13,19H,1,14-16H2,2-3H3,(H,29,32). The third kappa shape index (κ3) is 3.67. The van der Waals surface area contributed by atoms with Gasteiger partial charge in [-0.2, -0.15) is 0 Å². The minimum atomic E-state index is -0.0997. The van der Waals surface area contributed by atoms with Gasteiger partial charge in [-0.3, -0.25) is 14.6 Å². The number of nitrogens with one attached hydrogen (secondary N) is 1. The molecular formula is C27H26N4O2. The first-order valence-electron chi connectivity index (χ1n) is 11.1. The van der Waals surface area contributed by atoms with E-state index in [4.69, 9.17) is 0 Å². The van der Waals surface area contributed by atoms with Crippen molar-refractivity contribution in [2.45, 2.75) is 26.4 Å². The first-order valence-corrected chi connectivity index (χ1v) is 11.1. The average Bonchev–Trinajstić information content (AvgIpc) is 3.05. The molecule has 0 saturated carbocycles. The van der Waals surface area contributed by atoms with Crippen LogP contribution >= 0.6 is 0 Å². The lowest BCUT2D eigenvalue weighted by atomic mass is 9.97. The predicted molar refractivity (Wildman–Crippen MR) is 131 cm³/mol. The highest BCUT2D eigenvalue weighted by Gasteiger charge is 2.30. The minimum Gasteiger partial charge on any atom is -0.348 e. The van der Waals surface area contributed by atoms with E-state index in [-0.39, 0.29) is 24.4 Å². The van der Waals surface area contributed by atoms with Gasteiger partial charge in [-0.1, -0.05) is 36.4 Å². The lowest BCUT2D eigenvalue weighted by molar-refractivity contribution is -0.133. The molecule has 0 aliphatic carbocycles. The third-order valence-electron chi connectivity index (χ3n) is 6.43. The molecule has 1 N–H and O–H groups in total. The fraction of sp³-hybridized carbons (Fsp3) is 0.222. The molecule has 0 atom stereocenters. The molecule has 1 aliphatic heterocycles. The zero-order valence-electron chi connectivity index (χ0n) is 18.8. The second kappa shape index (κ2) is 8.20. The Morgan fingerprint density at radius 3 is 2.73 bits per heavy atom. The maximum Gasteiger partial charge on any atom is 0.246 e. The van der Waals surface area contributed by atoms with Crippen LogP contribution in [0.2, 0.25) is 0 Å². The average molecular weight is 439 g/mol. The molecule has 2 aromatic carbocycles. The molecule has 2 aromatic heterocycles. The van der Waals surface area contributed by atoms with Crippen molar-refractivity contribution in [2.24, 2.45) is 0 Å². The number of carbonyl (C=O) groups excluding carboxylic acids is 2. The molecule has 1 saturated heterocycles. The van der Waals surface area contributed by atoms with Crippen LogP contribution in [0.3, 0.4) is 0 Å². The maximum absolute atomic E-state index is 12.9. The molecule has 6 nitrogen and oxygen atoms in total. The maximum atomic E-state index is 12.9. The molecule has 1 aliphatic rings. The third-order valence-corrected chi connectivity index (χ3v) is 6.43. The zero-order chi connectivity index (χ0) is 23.1. The number of hydrogen-bond acceptors (Lipinski definition) is 3. The molecule has 0 spiro atoms. The van der Waals surface area contributed by atoms with Crippen molar-refractivity contribution in [3.05, 3.63) is 78.6 Å². The van der Waals surface area contributed by atoms with E-state index in [0.29, 0.717) is 13.1 Å². The lowest BCUT2D eigenvalue weighted by Crippen LogP contribution is -2.61. The number of aromatic nitrogens is 2. The van der Waals surface area contributed by atoms with E-state index in [1.54, 1.807) is 11.1 Å². The highest BCUT2D eigenvalue weighted by molar-refractivity contribution is 6.06. The largest absolute Gasteiger partial charge is 0.348 e. The lowest BCUT2D eigenvalue weighted by Gasteiger charge is -2.38. The number of likely N-dealkylation sites (tertiary alicyclic amines) is 1. The molecule has 6 heteroatoms. The van der Waals surface area contributed by atoms with E-state index in [2.05, 4.69) is 65.6 Å². The number of aryl methyl sites for hydroxylation is 1. The number of rotatable bonds is 5. The Morgan fingerprint density at radius 1 is 1.12 bits per heavy atom. The number of amides is 2. The highest BCUT2D eigenvalue weighted by atomic mass is 16.2. The van der Waals surface area contributed by atoms with Gasteiger partial charge in [0.2, 0.25) is 11.8 Å². The van der Waals surface area contributed by atoms with Gasteiger partial charge in [0.05, 0.1) is 11.6 Å². The summed E-state index contributed by atoms with van der Waals surface area (Å²) in [6.07, 6.45) is 3.11. The summed E-state index contributed by atoms with van der Waals surface area (Å²) >= 11 is 0. The first-order chi connectivity index (χ1) is 16.0. The van der Waals surface area contributed by atoms with Crippen molar-refractivity contribution < 1.29 is 9.59 Å². The zero-order valence-corrected chi connectivity index (χ0v) is 18.8. The number of hydrogen-bond donors (Lipinski definition) is 1. The Bertz CT molecular complexity index is 1410. The smallest absolute Gasteiger partial charge is 0.246 e. The molecule has 2 amide bonds. The first kappa shape index (κ1) is 20.9. The van der Waals surface area contributed by atoms with Crippen LogP contribution < -0.4 is 5.32 Å². The molecule has 1 fully saturated rings. The van der Waals surface area contributed by atoms with Gasteiger partial charge < -0.3 is 14.8 Å². The van der Waals surface area contributed by atoms with Crippen molar-refractivity contribution >= 4 is 33.6 Å². The van der Waals surface area contributed by atoms with Gasteiger partial charge in [0.25, 0.3) is 0 Å². The van der Waals surface area contributed by atoms with Gasteiger partial charge in [0, 0.05) is 46.8 Å². The van der Waals surface area contributed by atoms with E-state index in [9.17, 15) is 9.59 Å². The summed E-state index contributed by atoms with van der Waals surface area (Å²) in [4.78, 5) is 30.8. The van der Waals surface area contributed by atoms with Crippen molar-refractivity contribution in [1.82, 2.24) is 19.8 Å². The fourth-order valence-corrected chi connectivity index (χ4v) is 4.76. The highest BCUT2D eigenvalue weighted by Crippen LogP contribution is 2.38. The number of pyridine rings is 1. The van der Waals surface area contributed by atoms with Crippen molar-refractivity contribution in [3.63, 3.8) is 0 Å². The van der Waals surface area contributed by atoms with Crippen LogP contribution in [0.4, 0.5) is 0 Å². The van der Waals surface area contributed by atoms with Gasteiger partial charge in [0.15, 0.2) is 0 Å². The minimum absolute atomic E-state index is 0.0191. The van der Waals surface area contributed by atoms with Gasteiger partial charge in [-0.15, -0.1) is 0 Å². The van der Waals surface area contributed by atoms with Crippen molar-refractivity contribution in [1.29, 1.82) is 0 Å². The summed E-state index contributed by atoms with van der Waals surface area (Å²) in [5.41, 5.74) is 6.44. The number of fused-ring (bicyclic) bond motifs is 2. The van der Waals surface area contributed by atoms with Crippen LogP contribution in [-0.2, 0) is 16.1 Å². The summed E-state index contributed by atoms with van der Waals surface area (Å²) < 4.78 is 2.08. The van der Waals surface area contributed by atoms with Crippen LogP contribution in [0.5, 0.6) is 0 Å². The van der Waals surface area contributed by atoms with Gasteiger partial charge >= 0.3 is 0 Å². The molecule has 0 bridgehead atoms. The van der Waals surface area contributed by atoms with Gasteiger partial charge in [-0.05, 0) is 49.8 Å². The van der Waals surface area contributed by atoms with Crippen LogP contribution in [0.15, 0.2) is 67.4 Å². The van der Waals surface area contributed by atoms with Crippen LogP contribution in [0.25, 0.3) is 32.9 Å². The summed E-state index contributed by atoms with van der Waals surface area (Å²) in [7, 11) is 0. The van der Waals surface area contributed by atoms with Crippen LogP contribution in [-0.4, -0.2) is 45.4 Å². The van der Waals surface area contributed by atoms with E-state index < -0.39 is 0 Å². The molecular weight excluding hydrogens is 412 g/mol.